The van der Waals surface area contributed by atoms with E-state index in [1.807, 2.05) is 30.3 Å². The number of hydrogen-bond donors (Lipinski definition) is 0. The third-order valence-corrected chi connectivity index (χ3v) is 9.11. The van der Waals surface area contributed by atoms with Crippen molar-refractivity contribution in [1.82, 2.24) is 9.21 Å². The van der Waals surface area contributed by atoms with Crippen LogP contribution in [0.1, 0.15) is 31.9 Å². The first-order valence-corrected chi connectivity index (χ1v) is 15.1. The van der Waals surface area contributed by atoms with E-state index in [1.165, 1.54) is 52.5 Å². The summed E-state index contributed by atoms with van der Waals surface area (Å²) < 4.78 is 59.0. The van der Waals surface area contributed by atoms with Crippen LogP contribution in [0.2, 0.25) is 0 Å². The van der Waals surface area contributed by atoms with Crippen molar-refractivity contribution >= 4 is 33.7 Å². The number of halogens is 2. The van der Waals surface area contributed by atoms with Crippen LogP contribution in [0.3, 0.4) is 0 Å². The molecule has 12 heteroatoms. The minimum atomic E-state index is -3.96. The lowest BCUT2D eigenvalue weighted by Crippen LogP contribution is -2.64. The zero-order valence-corrected chi connectivity index (χ0v) is 24.8. The minimum Gasteiger partial charge on any atom is -0.480 e. The predicted octanol–water partition coefficient (Wildman–Crippen LogP) is 5.03. The van der Waals surface area contributed by atoms with Crippen LogP contribution in [0, 0.1) is 5.82 Å². The van der Waals surface area contributed by atoms with Gasteiger partial charge in [0, 0.05) is 6.42 Å². The second kappa shape index (κ2) is 11.2. The molecule has 1 unspecified atom stereocenters. The molecule has 0 N–H and O–H groups in total. The Kier molecular flexibility index (Phi) is 7.95. The highest BCUT2D eigenvalue weighted by Crippen LogP contribution is 2.40. The molecule has 2 heterocycles. The number of alkyl halides is 1. The Balaban J connectivity index is 1.37. The summed E-state index contributed by atoms with van der Waals surface area (Å²) in [7, 11) is -3.96. The number of carbonyl (C=O) groups excluding carboxylic acids is 2. The number of esters is 1. The van der Waals surface area contributed by atoms with Crippen molar-refractivity contribution in [3.05, 3.63) is 95.8 Å². The first-order valence-electron chi connectivity index (χ1n) is 13.3. The summed E-state index contributed by atoms with van der Waals surface area (Å²) in [6, 6.07) is 20.0. The molecule has 0 radical (unpaired) electrons. The lowest BCUT2D eigenvalue weighted by molar-refractivity contribution is -0.148. The normalized spacial score (nSPS) is 20.4. The van der Waals surface area contributed by atoms with E-state index in [1.54, 1.807) is 26.0 Å². The molecule has 2 aliphatic heterocycles. The summed E-state index contributed by atoms with van der Waals surface area (Å²) in [6.45, 7) is 4.65. The number of carbonyl (C=O) groups is 2. The van der Waals surface area contributed by atoms with Crippen LogP contribution in [0.4, 0.5) is 9.18 Å². The molecule has 2 saturated heterocycles. The van der Waals surface area contributed by atoms with Gasteiger partial charge in [0.15, 0.2) is 16.9 Å². The number of hydrogen-bond acceptors (Lipinski definition) is 7. The minimum absolute atomic E-state index is 0.000972. The van der Waals surface area contributed by atoms with Crippen LogP contribution in [-0.4, -0.2) is 60.1 Å². The van der Waals surface area contributed by atoms with Crippen molar-refractivity contribution in [3.63, 3.8) is 0 Å². The molecule has 2 fully saturated rings. The average molecular weight is 617 g/mol. The molecule has 0 aromatic heterocycles. The highest BCUT2D eigenvalue weighted by atomic mass is 35.5. The quantitative estimate of drug-likeness (QED) is 0.258. The van der Waals surface area contributed by atoms with Gasteiger partial charge < -0.3 is 14.2 Å². The van der Waals surface area contributed by atoms with Crippen molar-refractivity contribution in [2.75, 3.05) is 13.1 Å². The fourth-order valence-corrected chi connectivity index (χ4v) is 6.92. The van der Waals surface area contributed by atoms with Gasteiger partial charge in [-0.05, 0) is 68.3 Å². The van der Waals surface area contributed by atoms with Crippen LogP contribution < -0.4 is 4.74 Å². The van der Waals surface area contributed by atoms with Gasteiger partial charge in [-0.3, -0.25) is 4.90 Å². The topological polar surface area (TPSA) is 102 Å². The molecule has 2 aliphatic rings. The third-order valence-electron chi connectivity index (χ3n) is 7.23. The Labute approximate surface area is 248 Å². The number of cyclic esters (lactones) is 1. The molecule has 3 aromatic carbocycles. The fourth-order valence-electron chi connectivity index (χ4n) is 5.24. The summed E-state index contributed by atoms with van der Waals surface area (Å²) in [5.74, 6) is -0.630. The number of benzene rings is 3. The van der Waals surface area contributed by atoms with E-state index < -0.39 is 50.8 Å². The lowest BCUT2D eigenvalue weighted by atomic mass is 9.87. The Morgan fingerprint density at radius 2 is 1.74 bits per heavy atom. The van der Waals surface area contributed by atoms with Gasteiger partial charge in [-0.1, -0.05) is 54.1 Å². The molecule has 3 aromatic rings. The smallest absolute Gasteiger partial charge is 0.415 e. The first kappa shape index (κ1) is 29.8. The first-order chi connectivity index (χ1) is 19.8. The van der Waals surface area contributed by atoms with Gasteiger partial charge in [-0.2, -0.15) is 4.31 Å². The zero-order chi connectivity index (χ0) is 30.3. The van der Waals surface area contributed by atoms with Crippen molar-refractivity contribution < 1.29 is 36.6 Å². The van der Waals surface area contributed by atoms with E-state index in [0.717, 1.165) is 5.56 Å². The molecule has 0 bridgehead atoms. The molecule has 0 spiro atoms. The maximum Gasteiger partial charge on any atom is 0.415 e. The lowest BCUT2D eigenvalue weighted by Gasteiger charge is -2.48. The van der Waals surface area contributed by atoms with E-state index >= 15 is 0 Å². The number of amides is 1. The predicted molar refractivity (Wildman–Crippen MR) is 152 cm³/mol. The number of nitrogens with zero attached hydrogens (tertiary/aromatic N) is 2. The van der Waals surface area contributed by atoms with Gasteiger partial charge in [0.2, 0.25) is 10.0 Å². The van der Waals surface area contributed by atoms with Crippen molar-refractivity contribution in [3.8, 4) is 5.75 Å². The van der Waals surface area contributed by atoms with Crippen molar-refractivity contribution in [2.24, 2.45) is 0 Å². The largest absolute Gasteiger partial charge is 0.480 e. The molecular formula is C30H30ClFN2O7S. The second-order valence-electron chi connectivity index (χ2n) is 10.7. The Bertz CT molecular complexity index is 1580. The van der Waals surface area contributed by atoms with Gasteiger partial charge in [-0.15, -0.1) is 0 Å². The second-order valence-corrected chi connectivity index (χ2v) is 13.3. The van der Waals surface area contributed by atoms with Gasteiger partial charge >= 0.3 is 12.1 Å². The molecule has 222 valence electrons. The number of rotatable bonds is 8. The molecule has 0 aliphatic carbocycles. The maximum atomic E-state index is 13.7. The monoisotopic (exact) mass is 616 g/mol. The van der Waals surface area contributed by atoms with E-state index in [-0.39, 0.29) is 24.4 Å². The van der Waals surface area contributed by atoms with Gasteiger partial charge in [0.25, 0.3) is 0 Å². The molecule has 5 rings (SSSR count). The van der Waals surface area contributed by atoms with Crippen molar-refractivity contribution in [1.29, 1.82) is 0 Å². The van der Waals surface area contributed by atoms with E-state index in [9.17, 15) is 22.4 Å². The van der Waals surface area contributed by atoms with Crippen LogP contribution >= 0.6 is 11.6 Å². The van der Waals surface area contributed by atoms with Crippen LogP contribution in [-0.2, 0) is 36.3 Å². The molecule has 1 amide bonds. The van der Waals surface area contributed by atoms with Gasteiger partial charge in [0.05, 0.1) is 18.0 Å². The molecule has 0 saturated carbocycles. The maximum absolute atomic E-state index is 13.7. The highest BCUT2D eigenvalue weighted by Gasteiger charge is 2.53. The Morgan fingerprint density at radius 1 is 1.07 bits per heavy atom. The standard InChI is InChI=1S/C30H30ClFN2O7S/c1-20(31)39-28(36)34-26(27(35)41-29(34,2)3)17-21-8-7-11-25(16-21)42(37,38)33-18-30(19-33,22-9-5-4-6-10-22)40-24-14-12-23(32)13-15-24/h4-16,20,26H,17-19H2,1-3H3/t20?,26-/m0/s1. The summed E-state index contributed by atoms with van der Waals surface area (Å²) >= 11 is 5.83. The third kappa shape index (κ3) is 5.81. The Morgan fingerprint density at radius 3 is 2.38 bits per heavy atom. The van der Waals surface area contributed by atoms with Crippen LogP contribution in [0.25, 0.3) is 0 Å². The van der Waals surface area contributed by atoms with E-state index in [2.05, 4.69) is 0 Å². The van der Waals surface area contributed by atoms with Gasteiger partial charge in [0.1, 0.15) is 17.6 Å². The van der Waals surface area contributed by atoms with E-state index in [0.29, 0.717) is 11.3 Å². The zero-order valence-electron chi connectivity index (χ0n) is 23.2. The molecule has 9 nitrogen and oxygen atoms in total. The summed E-state index contributed by atoms with van der Waals surface area (Å²) in [6.07, 6.45) is -0.819. The summed E-state index contributed by atoms with van der Waals surface area (Å²) in [4.78, 5) is 26.7. The fraction of sp³-hybridized carbons (Fsp3) is 0.333. The van der Waals surface area contributed by atoms with Crippen molar-refractivity contribution in [2.45, 2.75) is 55.0 Å². The SMILES string of the molecule is CC(Cl)OC(=O)N1[C@@H](Cc2cccc(S(=O)(=O)N3CC(Oc4ccc(F)cc4)(c4ccccc4)C3)c2)C(=O)OC1(C)C. The highest BCUT2D eigenvalue weighted by molar-refractivity contribution is 7.89. The summed E-state index contributed by atoms with van der Waals surface area (Å²) in [5.41, 5.74) is -1.88. The molecule has 2 atom stereocenters. The molecular weight excluding hydrogens is 587 g/mol. The van der Waals surface area contributed by atoms with Crippen LogP contribution in [0.5, 0.6) is 5.75 Å². The van der Waals surface area contributed by atoms with Gasteiger partial charge in [-0.25, -0.2) is 22.4 Å². The van der Waals surface area contributed by atoms with E-state index in [4.69, 9.17) is 25.8 Å². The summed E-state index contributed by atoms with van der Waals surface area (Å²) in [5, 5.41) is 0. The average Bonchev–Trinajstić information content (AvgIpc) is 3.14. The number of ether oxygens (including phenoxy) is 3. The Hall–Kier alpha value is -3.67. The number of sulfonamides is 1. The van der Waals surface area contributed by atoms with Crippen LogP contribution in [0.15, 0.2) is 83.8 Å². The molecule has 42 heavy (non-hydrogen) atoms.